The topological polar surface area (TPSA) is 38.9 Å². The molecule has 1 aromatic heterocycles. The van der Waals surface area contributed by atoms with Gasteiger partial charge >= 0.3 is 0 Å². The second-order valence-electron chi connectivity index (χ2n) is 2.04. The normalized spacial score (nSPS) is 10.8. The van der Waals surface area contributed by atoms with Crippen LogP contribution in [-0.4, -0.2) is 4.98 Å². The number of pyridine rings is 1. The minimum atomic E-state index is -2.64. The van der Waals surface area contributed by atoms with Crippen LogP contribution >= 0.6 is 27.5 Å². The van der Waals surface area contributed by atoms with Crippen LogP contribution in [0.2, 0.25) is 5.02 Å². The van der Waals surface area contributed by atoms with Crippen molar-refractivity contribution < 1.29 is 8.78 Å². The summed E-state index contributed by atoms with van der Waals surface area (Å²) < 4.78 is 24.5. The summed E-state index contributed by atoms with van der Waals surface area (Å²) in [5.74, 6) is 0.0153. The van der Waals surface area contributed by atoms with Gasteiger partial charge in [-0.1, -0.05) is 11.6 Å². The van der Waals surface area contributed by atoms with E-state index in [0.717, 1.165) is 6.07 Å². The monoisotopic (exact) mass is 256 g/mol. The lowest BCUT2D eigenvalue weighted by Crippen LogP contribution is -1.95. The van der Waals surface area contributed by atoms with Crippen molar-refractivity contribution in [1.82, 2.24) is 4.98 Å². The highest BCUT2D eigenvalue weighted by Gasteiger charge is 2.15. The molecule has 0 unspecified atom stereocenters. The Labute approximate surface area is 80.9 Å². The average molecular weight is 257 g/mol. The predicted molar refractivity (Wildman–Crippen MR) is 46.3 cm³/mol. The number of halogens is 4. The van der Waals surface area contributed by atoms with Crippen molar-refractivity contribution in [3.8, 4) is 0 Å². The highest BCUT2D eigenvalue weighted by molar-refractivity contribution is 9.10. The van der Waals surface area contributed by atoms with Gasteiger partial charge in [0.15, 0.2) is 0 Å². The summed E-state index contributed by atoms with van der Waals surface area (Å²) in [6.45, 7) is 0. The zero-order valence-corrected chi connectivity index (χ0v) is 8.03. The van der Waals surface area contributed by atoms with Gasteiger partial charge in [-0.2, -0.15) is 0 Å². The molecule has 0 aromatic carbocycles. The van der Waals surface area contributed by atoms with E-state index in [-0.39, 0.29) is 21.0 Å². The molecule has 0 radical (unpaired) electrons. The third-order valence-electron chi connectivity index (χ3n) is 1.20. The van der Waals surface area contributed by atoms with E-state index in [1.54, 1.807) is 0 Å². The number of aromatic nitrogens is 1. The molecule has 1 heterocycles. The fourth-order valence-corrected chi connectivity index (χ4v) is 1.31. The first-order valence-corrected chi connectivity index (χ1v) is 4.09. The van der Waals surface area contributed by atoms with Crippen LogP contribution in [0.1, 0.15) is 12.0 Å². The van der Waals surface area contributed by atoms with Gasteiger partial charge in [-0.3, -0.25) is 0 Å². The summed E-state index contributed by atoms with van der Waals surface area (Å²) in [5, 5.41) is -0.0980. The maximum absolute atomic E-state index is 12.2. The molecule has 2 nitrogen and oxygen atoms in total. The van der Waals surface area contributed by atoms with Gasteiger partial charge in [0.2, 0.25) is 0 Å². The molecule has 0 atom stereocenters. The first-order valence-electron chi connectivity index (χ1n) is 2.92. The van der Waals surface area contributed by atoms with Crippen molar-refractivity contribution in [2.24, 2.45) is 0 Å². The van der Waals surface area contributed by atoms with E-state index < -0.39 is 6.43 Å². The molecule has 0 fully saturated rings. The number of hydrogen-bond acceptors (Lipinski definition) is 2. The van der Waals surface area contributed by atoms with E-state index in [1.807, 2.05) is 0 Å². The number of nitrogens with zero attached hydrogens (tertiary/aromatic N) is 1. The van der Waals surface area contributed by atoms with Gasteiger partial charge in [0.05, 0.1) is 5.02 Å². The number of nitrogens with two attached hydrogens (primary N) is 1. The van der Waals surface area contributed by atoms with Crippen LogP contribution < -0.4 is 5.73 Å². The van der Waals surface area contributed by atoms with Crippen LogP contribution in [0.5, 0.6) is 0 Å². The highest BCUT2D eigenvalue weighted by atomic mass is 79.9. The maximum Gasteiger partial charge on any atom is 0.265 e. The number of nitrogen functional groups attached to an aromatic ring is 1. The molecule has 2 N–H and O–H groups in total. The van der Waals surface area contributed by atoms with Crippen LogP contribution in [0.25, 0.3) is 0 Å². The van der Waals surface area contributed by atoms with Gasteiger partial charge in [-0.25, -0.2) is 13.8 Å². The Bertz CT molecular complexity index is 306. The third kappa shape index (κ3) is 1.84. The highest BCUT2D eigenvalue weighted by Crippen LogP contribution is 2.32. The van der Waals surface area contributed by atoms with Crippen molar-refractivity contribution in [2.45, 2.75) is 6.43 Å². The lowest BCUT2D eigenvalue weighted by Gasteiger charge is -2.04. The van der Waals surface area contributed by atoms with E-state index in [2.05, 4.69) is 20.9 Å². The van der Waals surface area contributed by atoms with Crippen molar-refractivity contribution in [1.29, 1.82) is 0 Å². The summed E-state index contributed by atoms with van der Waals surface area (Å²) in [4.78, 5) is 3.65. The minimum absolute atomic E-state index is 0.0153. The fraction of sp³-hybridized carbons (Fsp3) is 0.167. The first-order chi connectivity index (χ1) is 5.52. The Hall–Kier alpha value is -0.420. The molecule has 6 heteroatoms. The zero-order valence-electron chi connectivity index (χ0n) is 5.69. The summed E-state index contributed by atoms with van der Waals surface area (Å²) in [5.41, 5.74) is 4.92. The Kier molecular flexibility index (Phi) is 2.85. The molecule has 1 aromatic rings. The zero-order chi connectivity index (χ0) is 9.30. The molecule has 0 spiro atoms. The van der Waals surface area contributed by atoms with Crippen molar-refractivity contribution >= 4 is 33.3 Å². The average Bonchev–Trinajstić information content (AvgIpc) is 1.96. The van der Waals surface area contributed by atoms with Crippen molar-refractivity contribution in [3.05, 3.63) is 21.3 Å². The predicted octanol–water partition coefficient (Wildman–Crippen LogP) is 3.02. The fourth-order valence-electron chi connectivity index (χ4n) is 0.695. The van der Waals surface area contributed by atoms with E-state index in [9.17, 15) is 8.78 Å². The van der Waals surface area contributed by atoms with E-state index in [1.165, 1.54) is 0 Å². The number of anilines is 1. The summed E-state index contributed by atoms with van der Waals surface area (Å²) in [6, 6.07) is 1.05. The number of rotatable bonds is 1. The SMILES string of the molecule is Nc1cc(C(F)F)c(Cl)c(Br)n1. The Balaban J connectivity index is 3.28. The number of hydrogen-bond donors (Lipinski definition) is 1. The lowest BCUT2D eigenvalue weighted by atomic mass is 10.3. The molecule has 0 aliphatic carbocycles. The van der Waals surface area contributed by atoms with Gasteiger partial charge < -0.3 is 5.73 Å². The molecule has 0 saturated heterocycles. The molecule has 0 bridgehead atoms. The molecular weight excluding hydrogens is 253 g/mol. The molecule has 0 saturated carbocycles. The molecule has 0 aliphatic rings. The summed E-state index contributed by atoms with van der Waals surface area (Å²) in [6.07, 6.45) is -2.64. The van der Waals surface area contributed by atoms with Crippen molar-refractivity contribution in [3.63, 3.8) is 0 Å². The minimum Gasteiger partial charge on any atom is -0.384 e. The second kappa shape index (κ2) is 3.53. The molecule has 0 aliphatic heterocycles. The molecule has 0 amide bonds. The van der Waals surface area contributed by atoms with Gasteiger partial charge in [0.25, 0.3) is 6.43 Å². The van der Waals surface area contributed by atoms with Gasteiger partial charge in [0.1, 0.15) is 10.4 Å². The molecular formula is C6H4BrClF2N2. The smallest absolute Gasteiger partial charge is 0.265 e. The Morgan fingerprint density at radius 2 is 2.17 bits per heavy atom. The van der Waals surface area contributed by atoms with Crippen LogP contribution in [-0.2, 0) is 0 Å². The van der Waals surface area contributed by atoms with Crippen molar-refractivity contribution in [2.75, 3.05) is 5.73 Å². The van der Waals surface area contributed by atoms with E-state index >= 15 is 0 Å². The molecule has 66 valence electrons. The van der Waals surface area contributed by atoms with Crippen LogP contribution in [0.3, 0.4) is 0 Å². The summed E-state index contributed by atoms with van der Waals surface area (Å²) in [7, 11) is 0. The molecule has 12 heavy (non-hydrogen) atoms. The van der Waals surface area contributed by atoms with E-state index in [4.69, 9.17) is 17.3 Å². The Morgan fingerprint density at radius 3 is 2.67 bits per heavy atom. The molecule has 1 rings (SSSR count). The van der Waals surface area contributed by atoms with Crippen LogP contribution in [0.15, 0.2) is 10.7 Å². The van der Waals surface area contributed by atoms with Crippen LogP contribution in [0.4, 0.5) is 14.6 Å². The van der Waals surface area contributed by atoms with Gasteiger partial charge in [0, 0.05) is 5.56 Å². The summed E-state index contributed by atoms with van der Waals surface area (Å²) >= 11 is 8.42. The second-order valence-corrected chi connectivity index (χ2v) is 3.17. The first kappa shape index (κ1) is 9.67. The standard InChI is InChI=1S/C6H4BrClF2N2/c7-5-4(8)2(6(9)10)1-3(11)12-5/h1,6H,(H2,11,12). The lowest BCUT2D eigenvalue weighted by molar-refractivity contribution is 0.151. The quantitative estimate of drug-likeness (QED) is 0.786. The van der Waals surface area contributed by atoms with Crippen LogP contribution in [0, 0.1) is 0 Å². The largest absolute Gasteiger partial charge is 0.384 e. The third-order valence-corrected chi connectivity index (χ3v) is 2.40. The van der Waals surface area contributed by atoms with E-state index in [0.29, 0.717) is 0 Å². The number of alkyl halides is 2. The van der Waals surface area contributed by atoms with Gasteiger partial charge in [-0.15, -0.1) is 0 Å². The van der Waals surface area contributed by atoms with Gasteiger partial charge in [-0.05, 0) is 22.0 Å². The Morgan fingerprint density at radius 1 is 1.58 bits per heavy atom. The maximum atomic E-state index is 12.2.